The number of nitriles is 1. The van der Waals surface area contributed by atoms with Crippen LogP contribution in [0.25, 0.3) is 23.0 Å². The van der Waals surface area contributed by atoms with Crippen molar-refractivity contribution in [2.75, 3.05) is 6.61 Å². The fourth-order valence-corrected chi connectivity index (χ4v) is 4.71. The number of aryl methyl sites for hydroxylation is 1. The summed E-state index contributed by atoms with van der Waals surface area (Å²) in [5, 5.41) is 14.6. The molecule has 2 heterocycles. The Hall–Kier alpha value is -5.29. The van der Waals surface area contributed by atoms with Gasteiger partial charge in [-0.15, -0.1) is 0 Å². The van der Waals surface area contributed by atoms with Crippen LogP contribution < -0.4 is 4.74 Å². The van der Waals surface area contributed by atoms with Crippen molar-refractivity contribution < 1.29 is 18.7 Å². The second kappa shape index (κ2) is 12.1. The fourth-order valence-electron chi connectivity index (χ4n) is 4.71. The Balaban J connectivity index is 1.63. The van der Waals surface area contributed by atoms with E-state index in [1.807, 2.05) is 74.5 Å². The van der Waals surface area contributed by atoms with E-state index in [4.69, 9.17) is 9.84 Å². The second-order valence-electron chi connectivity index (χ2n) is 10.1. The molecule has 7 nitrogen and oxygen atoms in total. The number of nitrogens with zero attached hydrogens (tertiary/aromatic N) is 4. The standard InChI is InChI=1S/C34H29FN4O3/c1-4-16-42-31-15-14-25(18-30(31)35)32-26(21-39(37-32)27-8-6-5-7-9-27)17-28-23(3)29(19-36)34(41)38(33(28)40)20-24-12-10-22(2)11-13-24/h5-15,17-18,21H,4,16,20H2,1-3H3/b28-17+. The molecule has 0 spiro atoms. The molecule has 1 aliphatic heterocycles. The van der Waals surface area contributed by atoms with Crippen molar-refractivity contribution in [3.8, 4) is 28.8 Å². The Morgan fingerprint density at radius 2 is 1.74 bits per heavy atom. The molecule has 0 bridgehead atoms. The molecule has 8 heteroatoms. The lowest BCUT2D eigenvalue weighted by Gasteiger charge is -2.27. The number of hydrogen-bond donors (Lipinski definition) is 0. The summed E-state index contributed by atoms with van der Waals surface area (Å²) in [5.74, 6) is -1.54. The molecule has 210 valence electrons. The van der Waals surface area contributed by atoms with Crippen LogP contribution in [-0.2, 0) is 16.1 Å². The molecule has 4 aromatic rings. The highest BCUT2D eigenvalue weighted by molar-refractivity contribution is 6.19. The van der Waals surface area contributed by atoms with Crippen LogP contribution in [0.5, 0.6) is 5.75 Å². The van der Waals surface area contributed by atoms with E-state index < -0.39 is 17.6 Å². The number of hydrogen-bond acceptors (Lipinski definition) is 5. The predicted octanol–water partition coefficient (Wildman–Crippen LogP) is 6.57. The van der Waals surface area contributed by atoms with Gasteiger partial charge in [0.1, 0.15) is 17.3 Å². The van der Waals surface area contributed by atoms with E-state index in [9.17, 15) is 14.9 Å². The average Bonchev–Trinajstić information content (AvgIpc) is 3.42. The Morgan fingerprint density at radius 1 is 1.00 bits per heavy atom. The van der Waals surface area contributed by atoms with Crippen LogP contribution in [0.2, 0.25) is 0 Å². The smallest absolute Gasteiger partial charge is 0.271 e. The number of imide groups is 1. The van der Waals surface area contributed by atoms with E-state index in [-0.39, 0.29) is 29.0 Å². The summed E-state index contributed by atoms with van der Waals surface area (Å²) in [5.41, 5.74) is 4.37. The first-order valence-electron chi connectivity index (χ1n) is 13.6. The van der Waals surface area contributed by atoms with Crippen LogP contribution in [0.4, 0.5) is 4.39 Å². The van der Waals surface area contributed by atoms with Gasteiger partial charge >= 0.3 is 0 Å². The zero-order chi connectivity index (χ0) is 29.8. The molecule has 0 atom stereocenters. The van der Waals surface area contributed by atoms with Gasteiger partial charge in [0.25, 0.3) is 11.8 Å². The maximum absolute atomic E-state index is 15.0. The van der Waals surface area contributed by atoms with E-state index in [1.165, 1.54) is 6.07 Å². The van der Waals surface area contributed by atoms with Crippen LogP contribution in [0.3, 0.4) is 0 Å². The molecule has 0 N–H and O–H groups in total. The molecule has 0 aliphatic carbocycles. The van der Waals surface area contributed by atoms with Crippen LogP contribution in [-0.4, -0.2) is 33.1 Å². The lowest BCUT2D eigenvalue weighted by atomic mass is 9.93. The number of ether oxygens (including phenoxy) is 1. The van der Waals surface area contributed by atoms with E-state index in [0.29, 0.717) is 23.4 Å². The predicted molar refractivity (Wildman–Crippen MR) is 158 cm³/mol. The van der Waals surface area contributed by atoms with E-state index in [0.717, 1.165) is 28.1 Å². The number of carbonyl (C=O) groups excluding carboxylic acids is 2. The summed E-state index contributed by atoms with van der Waals surface area (Å²) >= 11 is 0. The topological polar surface area (TPSA) is 88.2 Å². The third kappa shape index (κ3) is 5.63. The van der Waals surface area contributed by atoms with E-state index in [1.54, 1.807) is 36.0 Å². The minimum atomic E-state index is -0.636. The molecule has 0 saturated carbocycles. The van der Waals surface area contributed by atoms with Crippen molar-refractivity contribution in [2.45, 2.75) is 33.7 Å². The largest absolute Gasteiger partial charge is 0.491 e. The number of aromatic nitrogens is 2. The van der Waals surface area contributed by atoms with Crippen molar-refractivity contribution in [3.05, 3.63) is 118 Å². The summed E-state index contributed by atoms with van der Waals surface area (Å²) in [6.07, 6.45) is 4.10. The molecule has 42 heavy (non-hydrogen) atoms. The Labute approximate surface area is 243 Å². The molecule has 0 unspecified atom stereocenters. The zero-order valence-electron chi connectivity index (χ0n) is 23.6. The SMILES string of the molecule is CCCOc1ccc(-c2nn(-c3ccccc3)cc2/C=C2/C(=O)N(Cc3ccc(C)cc3)C(=O)C(C#N)=C2C)cc1F. The van der Waals surface area contributed by atoms with Crippen LogP contribution >= 0.6 is 0 Å². The molecule has 3 aromatic carbocycles. The van der Waals surface area contributed by atoms with Crippen LogP contribution in [0, 0.1) is 24.1 Å². The molecule has 1 aromatic heterocycles. The number of halogens is 1. The van der Waals surface area contributed by atoms with Crippen molar-refractivity contribution in [1.29, 1.82) is 5.26 Å². The van der Waals surface area contributed by atoms with Gasteiger partial charge in [-0.3, -0.25) is 14.5 Å². The highest BCUT2D eigenvalue weighted by atomic mass is 19.1. The Kier molecular flexibility index (Phi) is 8.12. The molecule has 0 fully saturated rings. The van der Waals surface area contributed by atoms with Crippen LogP contribution in [0.15, 0.2) is 95.7 Å². The summed E-state index contributed by atoms with van der Waals surface area (Å²) < 4.78 is 22.2. The van der Waals surface area contributed by atoms with Gasteiger partial charge in [-0.1, -0.05) is 55.0 Å². The van der Waals surface area contributed by atoms with Crippen molar-refractivity contribution in [3.63, 3.8) is 0 Å². The molecular formula is C34H29FN4O3. The second-order valence-corrected chi connectivity index (χ2v) is 10.1. The van der Waals surface area contributed by atoms with Crippen LogP contribution in [0.1, 0.15) is 37.0 Å². The first kappa shape index (κ1) is 28.2. The quantitative estimate of drug-likeness (QED) is 0.180. The Bertz CT molecular complexity index is 1760. The van der Waals surface area contributed by atoms with Gasteiger partial charge in [0.2, 0.25) is 0 Å². The van der Waals surface area contributed by atoms with Crippen molar-refractivity contribution in [1.82, 2.24) is 14.7 Å². The lowest BCUT2D eigenvalue weighted by Crippen LogP contribution is -2.42. The normalized spacial score (nSPS) is 14.5. The fraction of sp³-hybridized carbons (Fsp3) is 0.176. The van der Waals surface area contributed by atoms with E-state index in [2.05, 4.69) is 0 Å². The molecule has 1 aliphatic rings. The third-order valence-electron chi connectivity index (χ3n) is 7.02. The van der Waals surface area contributed by atoms with E-state index >= 15 is 4.39 Å². The zero-order valence-corrected chi connectivity index (χ0v) is 23.6. The Morgan fingerprint density at radius 3 is 2.40 bits per heavy atom. The summed E-state index contributed by atoms with van der Waals surface area (Å²) in [7, 11) is 0. The number of amides is 2. The minimum absolute atomic E-state index is 0.0221. The third-order valence-corrected chi connectivity index (χ3v) is 7.02. The van der Waals surface area contributed by atoms with Gasteiger partial charge in [0.05, 0.1) is 18.8 Å². The van der Waals surface area contributed by atoms with Gasteiger partial charge in [0, 0.05) is 22.9 Å². The maximum atomic E-state index is 15.0. The number of para-hydroxylation sites is 1. The van der Waals surface area contributed by atoms with Crippen molar-refractivity contribution in [2.24, 2.45) is 0 Å². The highest BCUT2D eigenvalue weighted by Gasteiger charge is 2.35. The minimum Gasteiger partial charge on any atom is -0.491 e. The summed E-state index contributed by atoms with van der Waals surface area (Å²) in [4.78, 5) is 28.1. The van der Waals surface area contributed by atoms with Gasteiger partial charge in [-0.25, -0.2) is 9.07 Å². The number of benzene rings is 3. The van der Waals surface area contributed by atoms with Gasteiger partial charge in [0.15, 0.2) is 11.6 Å². The number of carbonyl (C=O) groups is 2. The van der Waals surface area contributed by atoms with Gasteiger partial charge < -0.3 is 4.74 Å². The molecule has 5 rings (SSSR count). The molecule has 2 amide bonds. The molecule has 0 saturated heterocycles. The lowest BCUT2D eigenvalue weighted by molar-refractivity contribution is -0.141. The first-order valence-corrected chi connectivity index (χ1v) is 13.6. The summed E-state index contributed by atoms with van der Waals surface area (Å²) in [6, 6.07) is 23.5. The monoisotopic (exact) mass is 560 g/mol. The maximum Gasteiger partial charge on any atom is 0.271 e. The molecular weight excluding hydrogens is 531 g/mol. The first-order chi connectivity index (χ1) is 20.3. The highest BCUT2D eigenvalue weighted by Crippen LogP contribution is 2.33. The average molecular weight is 561 g/mol. The van der Waals surface area contributed by atoms with Gasteiger partial charge in [-0.2, -0.15) is 10.4 Å². The molecule has 0 radical (unpaired) electrons. The van der Waals surface area contributed by atoms with Gasteiger partial charge in [-0.05, 0) is 67.8 Å². The number of rotatable bonds is 8. The van der Waals surface area contributed by atoms with Crippen molar-refractivity contribution >= 4 is 17.9 Å². The summed E-state index contributed by atoms with van der Waals surface area (Å²) in [6.45, 7) is 5.90.